The molecule has 2 heterocycles. The van der Waals surface area contributed by atoms with Crippen LogP contribution in [0.15, 0.2) is 0 Å². The van der Waals surface area contributed by atoms with Crippen LogP contribution < -0.4 is 10.6 Å². The average molecular weight is 367 g/mol. The Morgan fingerprint density at radius 2 is 2.04 bits per heavy atom. The monoisotopic (exact) mass is 367 g/mol. The Morgan fingerprint density at radius 3 is 2.81 bits per heavy atom. The fourth-order valence-electron chi connectivity index (χ4n) is 4.27. The SMILES string of the molecule is CCC1CCC(C(=O)NCC(=O)N2CCO[C@]3(CNCCOC3)C2)CC1. The van der Waals surface area contributed by atoms with Crippen LogP contribution >= 0.6 is 0 Å². The van der Waals surface area contributed by atoms with E-state index in [1.54, 1.807) is 4.90 Å². The maximum Gasteiger partial charge on any atom is 0.242 e. The molecule has 2 N–H and O–H groups in total. The summed E-state index contributed by atoms with van der Waals surface area (Å²) in [7, 11) is 0. The third-order valence-electron chi connectivity index (χ3n) is 6.05. The first kappa shape index (κ1) is 19.6. The lowest BCUT2D eigenvalue weighted by molar-refractivity contribution is -0.158. The van der Waals surface area contributed by atoms with E-state index in [0.29, 0.717) is 39.5 Å². The van der Waals surface area contributed by atoms with Gasteiger partial charge in [-0.15, -0.1) is 0 Å². The molecule has 2 aliphatic heterocycles. The number of amides is 2. The Morgan fingerprint density at radius 1 is 1.23 bits per heavy atom. The smallest absolute Gasteiger partial charge is 0.242 e. The molecular formula is C19H33N3O4. The Balaban J connectivity index is 1.45. The summed E-state index contributed by atoms with van der Waals surface area (Å²) in [6.07, 6.45) is 5.34. The molecule has 1 atom stereocenters. The van der Waals surface area contributed by atoms with Gasteiger partial charge in [-0.1, -0.05) is 13.3 Å². The van der Waals surface area contributed by atoms with Crippen LogP contribution in [-0.4, -0.2) is 74.9 Å². The van der Waals surface area contributed by atoms with E-state index in [1.807, 2.05) is 0 Å². The van der Waals surface area contributed by atoms with E-state index in [1.165, 1.54) is 6.42 Å². The lowest BCUT2D eigenvalue weighted by atomic mass is 9.80. The van der Waals surface area contributed by atoms with Gasteiger partial charge in [0.1, 0.15) is 5.60 Å². The van der Waals surface area contributed by atoms with Crippen LogP contribution in [0.1, 0.15) is 39.0 Å². The van der Waals surface area contributed by atoms with Gasteiger partial charge in [-0.25, -0.2) is 0 Å². The second kappa shape index (κ2) is 9.15. The molecule has 3 aliphatic rings. The molecule has 2 amide bonds. The van der Waals surface area contributed by atoms with Crippen molar-refractivity contribution in [3.63, 3.8) is 0 Å². The molecule has 0 bridgehead atoms. The fraction of sp³-hybridized carbons (Fsp3) is 0.895. The number of hydrogen-bond donors (Lipinski definition) is 2. The zero-order valence-electron chi connectivity index (χ0n) is 15.9. The van der Waals surface area contributed by atoms with Crippen molar-refractivity contribution in [3.05, 3.63) is 0 Å². The zero-order chi connectivity index (χ0) is 18.4. The van der Waals surface area contributed by atoms with Gasteiger partial charge in [-0.3, -0.25) is 9.59 Å². The number of morpholine rings is 1. The molecule has 7 heteroatoms. The van der Waals surface area contributed by atoms with Gasteiger partial charge in [0.25, 0.3) is 0 Å². The van der Waals surface area contributed by atoms with Crippen molar-refractivity contribution in [2.45, 2.75) is 44.6 Å². The van der Waals surface area contributed by atoms with E-state index in [2.05, 4.69) is 17.6 Å². The van der Waals surface area contributed by atoms with E-state index in [-0.39, 0.29) is 24.3 Å². The van der Waals surface area contributed by atoms with Crippen molar-refractivity contribution < 1.29 is 19.1 Å². The van der Waals surface area contributed by atoms with Gasteiger partial charge >= 0.3 is 0 Å². The first-order valence-electron chi connectivity index (χ1n) is 10.1. The van der Waals surface area contributed by atoms with Gasteiger partial charge in [0.15, 0.2) is 0 Å². The van der Waals surface area contributed by atoms with Gasteiger partial charge < -0.3 is 25.0 Å². The first-order valence-corrected chi connectivity index (χ1v) is 10.1. The highest BCUT2D eigenvalue weighted by Crippen LogP contribution is 2.30. The van der Waals surface area contributed by atoms with Crippen LogP contribution in [0.3, 0.4) is 0 Å². The number of nitrogens with one attached hydrogen (secondary N) is 2. The van der Waals surface area contributed by atoms with Crippen molar-refractivity contribution in [1.82, 2.24) is 15.5 Å². The topological polar surface area (TPSA) is 79.9 Å². The van der Waals surface area contributed by atoms with Gasteiger partial charge in [-0.2, -0.15) is 0 Å². The summed E-state index contributed by atoms with van der Waals surface area (Å²) in [6, 6.07) is 0. The number of nitrogens with zero attached hydrogens (tertiary/aromatic N) is 1. The maximum atomic E-state index is 12.6. The lowest BCUT2D eigenvalue weighted by Gasteiger charge is -2.41. The quantitative estimate of drug-likeness (QED) is 0.758. The van der Waals surface area contributed by atoms with Crippen LogP contribution in [-0.2, 0) is 19.1 Å². The molecule has 0 aromatic rings. The zero-order valence-corrected chi connectivity index (χ0v) is 15.9. The number of carbonyl (C=O) groups is 2. The van der Waals surface area contributed by atoms with Crippen LogP contribution in [0.4, 0.5) is 0 Å². The van der Waals surface area contributed by atoms with E-state index < -0.39 is 5.60 Å². The molecule has 0 radical (unpaired) electrons. The summed E-state index contributed by atoms with van der Waals surface area (Å²) in [5.41, 5.74) is -0.465. The van der Waals surface area contributed by atoms with Crippen LogP contribution in [0, 0.1) is 11.8 Å². The predicted octanol–water partition coefficient (Wildman–Crippen LogP) is 0.536. The summed E-state index contributed by atoms with van der Waals surface area (Å²) in [6.45, 7) is 6.52. The molecule has 0 aromatic carbocycles. The minimum absolute atomic E-state index is 0.0347. The molecule has 26 heavy (non-hydrogen) atoms. The van der Waals surface area contributed by atoms with Gasteiger partial charge in [-0.05, 0) is 31.6 Å². The fourth-order valence-corrected chi connectivity index (χ4v) is 4.27. The van der Waals surface area contributed by atoms with Crippen molar-refractivity contribution in [2.75, 3.05) is 52.5 Å². The molecule has 148 valence electrons. The molecule has 1 saturated carbocycles. The van der Waals surface area contributed by atoms with Gasteiger partial charge in [0, 0.05) is 25.6 Å². The summed E-state index contributed by atoms with van der Waals surface area (Å²) in [5.74, 6) is 0.838. The molecule has 2 saturated heterocycles. The summed E-state index contributed by atoms with van der Waals surface area (Å²) >= 11 is 0. The van der Waals surface area contributed by atoms with Gasteiger partial charge in [0.05, 0.1) is 32.9 Å². The molecule has 1 spiro atoms. The average Bonchev–Trinajstić information content (AvgIpc) is 2.91. The number of ether oxygens (including phenoxy) is 2. The Labute approximate surface area is 156 Å². The highest BCUT2D eigenvalue weighted by molar-refractivity contribution is 5.86. The van der Waals surface area contributed by atoms with Crippen LogP contribution in [0.2, 0.25) is 0 Å². The summed E-state index contributed by atoms with van der Waals surface area (Å²) in [5, 5.41) is 6.18. The molecule has 0 unspecified atom stereocenters. The second-order valence-corrected chi connectivity index (χ2v) is 7.92. The number of hydrogen-bond acceptors (Lipinski definition) is 5. The summed E-state index contributed by atoms with van der Waals surface area (Å²) < 4.78 is 11.6. The van der Waals surface area contributed by atoms with Crippen molar-refractivity contribution in [3.8, 4) is 0 Å². The second-order valence-electron chi connectivity index (χ2n) is 7.92. The molecule has 0 aromatic heterocycles. The Kier molecular flexibility index (Phi) is 6.89. The molecular weight excluding hydrogens is 334 g/mol. The lowest BCUT2D eigenvalue weighted by Crippen LogP contribution is -2.60. The standard InChI is InChI=1S/C19H33N3O4/c1-2-15-3-5-16(6-4-15)18(24)21-11-17(23)22-8-10-26-19(13-22)12-20-7-9-25-14-19/h15-16,20H,2-14H2,1H3,(H,21,24)/t15?,16?,19-/m1/s1. The normalized spacial score (nSPS) is 32.9. The largest absolute Gasteiger partial charge is 0.377 e. The third-order valence-corrected chi connectivity index (χ3v) is 6.05. The molecule has 3 rings (SSSR count). The van der Waals surface area contributed by atoms with Crippen molar-refractivity contribution in [2.24, 2.45) is 11.8 Å². The highest BCUT2D eigenvalue weighted by Gasteiger charge is 2.39. The van der Waals surface area contributed by atoms with Crippen LogP contribution in [0.25, 0.3) is 0 Å². The van der Waals surface area contributed by atoms with E-state index in [4.69, 9.17) is 9.47 Å². The van der Waals surface area contributed by atoms with Crippen LogP contribution in [0.5, 0.6) is 0 Å². The predicted molar refractivity (Wildman–Crippen MR) is 97.7 cm³/mol. The van der Waals surface area contributed by atoms with E-state index in [9.17, 15) is 9.59 Å². The number of rotatable bonds is 4. The molecule has 1 aliphatic carbocycles. The van der Waals surface area contributed by atoms with E-state index >= 15 is 0 Å². The highest BCUT2D eigenvalue weighted by atomic mass is 16.5. The third kappa shape index (κ3) is 4.96. The summed E-state index contributed by atoms with van der Waals surface area (Å²) in [4.78, 5) is 26.8. The first-order chi connectivity index (χ1) is 12.6. The van der Waals surface area contributed by atoms with E-state index in [0.717, 1.165) is 38.1 Å². The minimum atomic E-state index is -0.465. The maximum absolute atomic E-state index is 12.6. The van der Waals surface area contributed by atoms with Crippen molar-refractivity contribution >= 4 is 11.8 Å². The Hall–Kier alpha value is -1.18. The molecule has 3 fully saturated rings. The number of carbonyl (C=O) groups excluding carboxylic acids is 2. The molecule has 7 nitrogen and oxygen atoms in total. The van der Waals surface area contributed by atoms with Crippen molar-refractivity contribution in [1.29, 1.82) is 0 Å². The minimum Gasteiger partial charge on any atom is -0.377 e. The Bertz CT molecular complexity index is 483. The van der Waals surface area contributed by atoms with Gasteiger partial charge in [0.2, 0.25) is 11.8 Å².